The highest BCUT2D eigenvalue weighted by molar-refractivity contribution is 9.10. The molecule has 20 heavy (non-hydrogen) atoms. The van der Waals surface area contributed by atoms with Gasteiger partial charge in [0.15, 0.2) is 0 Å². The molecule has 0 aliphatic carbocycles. The summed E-state index contributed by atoms with van der Waals surface area (Å²) >= 11 is 3.40. The van der Waals surface area contributed by atoms with Crippen LogP contribution in [-0.2, 0) is 0 Å². The van der Waals surface area contributed by atoms with Crippen LogP contribution in [0.3, 0.4) is 0 Å². The van der Waals surface area contributed by atoms with Crippen LogP contribution >= 0.6 is 15.9 Å². The number of piperazine rings is 1. The van der Waals surface area contributed by atoms with Gasteiger partial charge in [0.1, 0.15) is 0 Å². The maximum atomic E-state index is 10.2. The van der Waals surface area contributed by atoms with Gasteiger partial charge >= 0.3 is 0 Å². The molecule has 1 aromatic carbocycles. The van der Waals surface area contributed by atoms with Crippen LogP contribution in [0.5, 0.6) is 0 Å². The average Bonchev–Trinajstić information content (AvgIpc) is 2.47. The zero-order valence-corrected chi connectivity index (χ0v) is 13.3. The highest BCUT2D eigenvalue weighted by atomic mass is 79.9. The van der Waals surface area contributed by atoms with Crippen molar-refractivity contribution in [1.82, 2.24) is 9.80 Å². The molecule has 0 amide bonds. The van der Waals surface area contributed by atoms with Crippen molar-refractivity contribution in [2.75, 3.05) is 45.9 Å². The highest BCUT2D eigenvalue weighted by Crippen LogP contribution is 2.20. The summed E-state index contributed by atoms with van der Waals surface area (Å²) in [4.78, 5) is 4.66. The van der Waals surface area contributed by atoms with Gasteiger partial charge in [0.2, 0.25) is 0 Å². The normalized spacial score (nSPS) is 19.1. The molecule has 1 saturated heterocycles. The fourth-order valence-corrected chi connectivity index (χ4v) is 2.80. The number of benzene rings is 1. The minimum atomic E-state index is -0.390. The van der Waals surface area contributed by atoms with E-state index in [1.165, 1.54) is 0 Å². The molecular weight excluding hydrogens is 320 g/mol. The van der Waals surface area contributed by atoms with E-state index >= 15 is 0 Å². The van der Waals surface area contributed by atoms with E-state index in [4.69, 9.17) is 5.11 Å². The molecule has 1 aromatic rings. The monoisotopic (exact) mass is 342 g/mol. The van der Waals surface area contributed by atoms with Gasteiger partial charge in [-0.1, -0.05) is 28.1 Å². The largest absolute Gasteiger partial charge is 0.395 e. The van der Waals surface area contributed by atoms with Crippen molar-refractivity contribution >= 4 is 15.9 Å². The van der Waals surface area contributed by atoms with Crippen LogP contribution in [-0.4, -0.2) is 65.9 Å². The Labute approximate surface area is 129 Å². The summed E-state index contributed by atoms with van der Waals surface area (Å²) in [5.41, 5.74) is 0.979. The van der Waals surface area contributed by atoms with Gasteiger partial charge in [0.25, 0.3) is 0 Å². The lowest BCUT2D eigenvalue weighted by Gasteiger charge is -2.34. The van der Waals surface area contributed by atoms with Gasteiger partial charge in [-0.2, -0.15) is 0 Å². The fraction of sp³-hybridized carbons (Fsp3) is 0.600. The summed E-state index contributed by atoms with van der Waals surface area (Å²) in [6, 6.07) is 7.86. The van der Waals surface area contributed by atoms with Crippen molar-refractivity contribution in [1.29, 1.82) is 0 Å². The van der Waals surface area contributed by atoms with Crippen molar-refractivity contribution in [3.05, 3.63) is 34.3 Å². The molecule has 1 fully saturated rings. The average molecular weight is 343 g/mol. The van der Waals surface area contributed by atoms with Crippen molar-refractivity contribution in [3.63, 3.8) is 0 Å². The molecule has 1 atom stereocenters. The predicted octanol–water partition coefficient (Wildman–Crippen LogP) is 1.48. The third-order valence-electron chi connectivity index (χ3n) is 3.85. The summed E-state index contributed by atoms with van der Waals surface area (Å²) in [5.74, 6) is 0. The topological polar surface area (TPSA) is 46.9 Å². The second-order valence-electron chi connectivity index (χ2n) is 5.26. The molecule has 0 bridgehead atoms. The zero-order chi connectivity index (χ0) is 14.4. The van der Waals surface area contributed by atoms with Gasteiger partial charge in [-0.3, -0.25) is 4.90 Å². The van der Waals surface area contributed by atoms with Gasteiger partial charge in [-0.25, -0.2) is 0 Å². The number of rotatable bonds is 6. The van der Waals surface area contributed by atoms with Crippen LogP contribution in [0.15, 0.2) is 28.7 Å². The first-order valence-electron chi connectivity index (χ1n) is 7.18. The Morgan fingerprint density at radius 1 is 1.00 bits per heavy atom. The van der Waals surface area contributed by atoms with Gasteiger partial charge in [0.05, 0.1) is 12.7 Å². The first kappa shape index (κ1) is 15.9. The number of aliphatic hydroxyl groups is 2. The lowest BCUT2D eigenvalue weighted by atomic mass is 10.1. The van der Waals surface area contributed by atoms with Crippen LogP contribution in [0.4, 0.5) is 0 Å². The maximum absolute atomic E-state index is 10.2. The third-order valence-corrected chi connectivity index (χ3v) is 4.38. The Morgan fingerprint density at radius 2 is 1.55 bits per heavy atom. The number of halogens is 1. The summed E-state index contributed by atoms with van der Waals surface area (Å²) in [6.07, 6.45) is 0.375. The maximum Gasteiger partial charge on any atom is 0.0802 e. The Kier molecular flexibility index (Phi) is 6.45. The number of nitrogens with zero attached hydrogens (tertiary/aromatic N) is 2. The molecule has 5 heteroatoms. The molecule has 0 spiro atoms. The van der Waals surface area contributed by atoms with Gasteiger partial charge < -0.3 is 15.1 Å². The van der Waals surface area contributed by atoms with Crippen LogP contribution in [0.2, 0.25) is 0 Å². The predicted molar refractivity (Wildman–Crippen MR) is 83.7 cm³/mol. The van der Waals surface area contributed by atoms with Crippen LogP contribution in [0.25, 0.3) is 0 Å². The summed E-state index contributed by atoms with van der Waals surface area (Å²) < 4.78 is 1.04. The molecule has 1 aliphatic rings. The van der Waals surface area contributed by atoms with E-state index in [9.17, 15) is 5.11 Å². The number of hydrogen-bond acceptors (Lipinski definition) is 4. The molecule has 1 aliphatic heterocycles. The minimum absolute atomic E-state index is 0.238. The van der Waals surface area contributed by atoms with Crippen LogP contribution in [0, 0.1) is 0 Å². The molecule has 1 unspecified atom stereocenters. The van der Waals surface area contributed by atoms with Crippen LogP contribution in [0.1, 0.15) is 18.1 Å². The Balaban J connectivity index is 1.71. The molecule has 0 saturated carbocycles. The highest BCUT2D eigenvalue weighted by Gasteiger charge is 2.17. The van der Waals surface area contributed by atoms with Gasteiger partial charge in [0, 0.05) is 43.7 Å². The van der Waals surface area contributed by atoms with Gasteiger partial charge in [-0.05, 0) is 24.1 Å². The minimum Gasteiger partial charge on any atom is -0.395 e. The molecule has 2 rings (SSSR count). The molecule has 2 N–H and O–H groups in total. The molecule has 0 radical (unpaired) electrons. The van der Waals surface area contributed by atoms with E-state index < -0.39 is 6.10 Å². The second kappa shape index (κ2) is 8.10. The number of hydrogen-bond donors (Lipinski definition) is 2. The van der Waals surface area contributed by atoms with Crippen molar-refractivity contribution < 1.29 is 10.2 Å². The molecular formula is C15H23BrN2O2. The van der Waals surface area contributed by atoms with E-state index in [2.05, 4.69) is 25.7 Å². The fourth-order valence-electron chi connectivity index (χ4n) is 2.53. The van der Waals surface area contributed by atoms with Crippen molar-refractivity contribution in [3.8, 4) is 0 Å². The summed E-state index contributed by atoms with van der Waals surface area (Å²) in [5, 5.41) is 19.1. The lowest BCUT2D eigenvalue weighted by Crippen LogP contribution is -2.47. The van der Waals surface area contributed by atoms with E-state index in [0.29, 0.717) is 0 Å². The molecule has 112 valence electrons. The SMILES string of the molecule is OCCN1CCN(CCC(O)c2ccc(Br)cc2)CC1. The first-order chi connectivity index (χ1) is 9.69. The van der Waals surface area contributed by atoms with E-state index in [1.54, 1.807) is 0 Å². The van der Waals surface area contributed by atoms with Crippen LogP contribution < -0.4 is 0 Å². The number of aliphatic hydroxyl groups excluding tert-OH is 2. The van der Waals surface area contributed by atoms with Crippen molar-refractivity contribution in [2.24, 2.45) is 0 Å². The first-order valence-corrected chi connectivity index (χ1v) is 7.97. The Hall–Kier alpha value is -0.460. The second-order valence-corrected chi connectivity index (χ2v) is 6.18. The standard InChI is InChI=1S/C15H23BrN2O2/c16-14-3-1-13(2-4-14)15(20)5-6-17-7-9-18(10-8-17)11-12-19/h1-4,15,19-20H,5-12H2. The Bertz CT molecular complexity index is 391. The van der Waals surface area contributed by atoms with E-state index in [-0.39, 0.29) is 6.61 Å². The van der Waals surface area contributed by atoms with Crippen molar-refractivity contribution in [2.45, 2.75) is 12.5 Å². The summed E-state index contributed by atoms with van der Waals surface area (Å²) in [6.45, 7) is 5.99. The smallest absolute Gasteiger partial charge is 0.0802 e. The third kappa shape index (κ3) is 4.82. The summed E-state index contributed by atoms with van der Waals surface area (Å²) in [7, 11) is 0. The molecule has 1 heterocycles. The molecule has 4 nitrogen and oxygen atoms in total. The zero-order valence-electron chi connectivity index (χ0n) is 11.7. The van der Waals surface area contributed by atoms with E-state index in [0.717, 1.165) is 55.7 Å². The quantitative estimate of drug-likeness (QED) is 0.822. The van der Waals surface area contributed by atoms with Gasteiger partial charge in [-0.15, -0.1) is 0 Å². The lowest BCUT2D eigenvalue weighted by molar-refractivity contribution is 0.0924. The van der Waals surface area contributed by atoms with E-state index in [1.807, 2.05) is 24.3 Å². The Morgan fingerprint density at radius 3 is 2.10 bits per heavy atom. The number of β-amino-alcohol motifs (C(OH)–C–C–N with tert-alkyl or cyclic N) is 1. The molecule has 0 aromatic heterocycles.